The molecule has 1 saturated carbocycles. The molecule has 4 heterocycles. The van der Waals surface area contributed by atoms with Gasteiger partial charge in [-0.3, -0.25) is 5.10 Å². The Hall–Kier alpha value is -3.05. The van der Waals surface area contributed by atoms with Crippen LogP contribution in [0.15, 0.2) is 24.5 Å². The molecule has 11 heteroatoms. The molecule has 1 unspecified atom stereocenters. The number of methoxy groups -OCH3 is 1. The molecule has 1 atom stereocenters. The van der Waals surface area contributed by atoms with E-state index in [4.69, 9.17) is 4.74 Å². The zero-order chi connectivity index (χ0) is 22.9. The van der Waals surface area contributed by atoms with Gasteiger partial charge in [0.05, 0.1) is 31.6 Å². The molecule has 4 aromatic rings. The second-order valence-electron chi connectivity index (χ2n) is 9.28. The number of ether oxygens (including phenoxy) is 1. The lowest BCUT2D eigenvalue weighted by molar-refractivity contribution is 0.280. The number of nitrogens with zero attached hydrogens (tertiary/aromatic N) is 7. The number of hydrogen-bond acceptors (Lipinski definition) is 9. The van der Waals surface area contributed by atoms with Crippen LogP contribution in [-0.2, 0) is 6.54 Å². The van der Waals surface area contributed by atoms with Crippen LogP contribution in [0.1, 0.15) is 37.1 Å². The highest BCUT2D eigenvalue weighted by molar-refractivity contribution is 7.15. The maximum atomic E-state index is 5.43. The zero-order valence-electron chi connectivity index (χ0n) is 19.3. The first kappa shape index (κ1) is 21.5. The van der Waals surface area contributed by atoms with Gasteiger partial charge in [0.15, 0.2) is 0 Å². The molecule has 2 N–H and O–H groups in total. The van der Waals surface area contributed by atoms with Crippen molar-refractivity contribution >= 4 is 27.4 Å². The molecule has 0 spiro atoms. The number of aromatic amines is 1. The van der Waals surface area contributed by atoms with E-state index in [1.54, 1.807) is 24.6 Å². The lowest BCUT2D eigenvalue weighted by atomic mass is 9.85. The Morgan fingerprint density at radius 1 is 1.18 bits per heavy atom. The summed E-state index contributed by atoms with van der Waals surface area (Å²) in [5.74, 6) is 1.63. The summed E-state index contributed by atoms with van der Waals surface area (Å²) >= 11 is 1.64. The summed E-state index contributed by atoms with van der Waals surface area (Å²) in [6.07, 6.45) is 10.3. The van der Waals surface area contributed by atoms with E-state index in [9.17, 15) is 0 Å². The Bertz CT molecular complexity index is 1260. The van der Waals surface area contributed by atoms with Gasteiger partial charge in [0.1, 0.15) is 16.5 Å². The first-order valence-electron chi connectivity index (χ1n) is 12.0. The number of aromatic nitrogens is 7. The number of nitrogens with one attached hydrogen (secondary N) is 2. The summed E-state index contributed by atoms with van der Waals surface area (Å²) in [5.41, 5.74) is 2.60. The Morgan fingerprint density at radius 3 is 2.97 bits per heavy atom. The molecular weight excluding hydrogens is 450 g/mol. The molecule has 6 rings (SSSR count). The van der Waals surface area contributed by atoms with Crippen molar-refractivity contribution in [2.45, 2.75) is 44.7 Å². The van der Waals surface area contributed by atoms with Gasteiger partial charge in [-0.05, 0) is 44.2 Å². The van der Waals surface area contributed by atoms with Crippen molar-refractivity contribution in [1.82, 2.24) is 40.7 Å². The Balaban J connectivity index is 1.13. The van der Waals surface area contributed by atoms with Crippen LogP contribution in [0.5, 0.6) is 5.75 Å². The fourth-order valence-electron chi connectivity index (χ4n) is 4.78. The van der Waals surface area contributed by atoms with Crippen LogP contribution >= 0.6 is 11.3 Å². The molecule has 1 aromatic carbocycles. The lowest BCUT2D eigenvalue weighted by Crippen LogP contribution is -2.47. The first-order valence-corrected chi connectivity index (χ1v) is 12.8. The summed E-state index contributed by atoms with van der Waals surface area (Å²) in [5, 5.41) is 31.5. The number of rotatable bonds is 8. The number of anilines is 1. The van der Waals surface area contributed by atoms with E-state index in [0.29, 0.717) is 12.6 Å². The summed E-state index contributed by atoms with van der Waals surface area (Å²) in [6, 6.07) is 4.43. The van der Waals surface area contributed by atoms with Gasteiger partial charge in [0, 0.05) is 36.1 Å². The second kappa shape index (κ2) is 9.30. The Kier molecular flexibility index (Phi) is 5.88. The molecule has 2 fully saturated rings. The van der Waals surface area contributed by atoms with Gasteiger partial charge in [-0.15, -0.1) is 15.3 Å². The fourth-order valence-corrected chi connectivity index (χ4v) is 5.64. The largest absolute Gasteiger partial charge is 0.497 e. The third kappa shape index (κ3) is 4.37. The minimum Gasteiger partial charge on any atom is -0.497 e. The summed E-state index contributed by atoms with van der Waals surface area (Å²) < 4.78 is 7.24. The minimum absolute atomic E-state index is 0.542. The highest BCUT2D eigenvalue weighted by Crippen LogP contribution is 2.31. The Labute approximate surface area is 201 Å². The molecule has 0 radical (unpaired) electrons. The van der Waals surface area contributed by atoms with Crippen molar-refractivity contribution in [3.63, 3.8) is 0 Å². The van der Waals surface area contributed by atoms with Gasteiger partial charge < -0.3 is 15.0 Å². The van der Waals surface area contributed by atoms with Gasteiger partial charge in [-0.2, -0.15) is 5.10 Å². The van der Waals surface area contributed by atoms with Crippen LogP contribution in [0.2, 0.25) is 0 Å². The van der Waals surface area contributed by atoms with E-state index in [1.807, 2.05) is 23.0 Å². The van der Waals surface area contributed by atoms with Crippen molar-refractivity contribution in [1.29, 1.82) is 0 Å². The van der Waals surface area contributed by atoms with E-state index >= 15 is 0 Å². The Morgan fingerprint density at radius 2 is 2.12 bits per heavy atom. The average Bonchev–Trinajstić information content (AvgIpc) is 3.59. The molecule has 1 aliphatic carbocycles. The number of piperidine rings is 1. The van der Waals surface area contributed by atoms with Gasteiger partial charge >= 0.3 is 0 Å². The first-order chi connectivity index (χ1) is 16.7. The quantitative estimate of drug-likeness (QED) is 0.397. The van der Waals surface area contributed by atoms with Crippen LogP contribution in [0.4, 0.5) is 5.13 Å². The molecule has 1 saturated heterocycles. The summed E-state index contributed by atoms with van der Waals surface area (Å²) in [4.78, 5) is 2.38. The average molecular weight is 480 g/mol. The highest BCUT2D eigenvalue weighted by atomic mass is 32.1. The number of fused-ring (bicyclic) bond motifs is 1. The third-order valence-electron chi connectivity index (χ3n) is 6.95. The van der Waals surface area contributed by atoms with Gasteiger partial charge in [-0.1, -0.05) is 23.0 Å². The predicted octanol–water partition coefficient (Wildman–Crippen LogP) is 3.09. The second-order valence-corrected chi connectivity index (χ2v) is 10.3. The monoisotopic (exact) mass is 479 g/mol. The smallest absolute Gasteiger partial charge is 0.208 e. The maximum Gasteiger partial charge on any atom is 0.208 e. The summed E-state index contributed by atoms with van der Waals surface area (Å²) in [7, 11) is 1.65. The standard InChI is InChI=1S/C23H29N9OS/c1-33-17-8-18(19-11-25-26-20(19)9-17)21-13-32(30-27-21)14-22-28-29-23(34-22)31-7-3-6-16(12-31)24-10-15-4-2-5-15/h8-9,11,13,15-16,24H,2-7,10,12,14H2,1H3,(H,25,26). The van der Waals surface area contributed by atoms with Crippen molar-refractivity contribution in [3.05, 3.63) is 29.5 Å². The van der Waals surface area contributed by atoms with Gasteiger partial charge in [0.25, 0.3) is 0 Å². The third-order valence-corrected chi connectivity index (χ3v) is 7.92. The number of benzene rings is 1. The molecule has 10 nitrogen and oxygen atoms in total. The van der Waals surface area contributed by atoms with Crippen molar-refractivity contribution in [3.8, 4) is 17.0 Å². The van der Waals surface area contributed by atoms with Crippen LogP contribution in [0.3, 0.4) is 0 Å². The van der Waals surface area contributed by atoms with Crippen molar-refractivity contribution < 1.29 is 4.74 Å². The molecular formula is C23H29N9OS. The molecule has 0 bridgehead atoms. The summed E-state index contributed by atoms with van der Waals surface area (Å²) in [6.45, 7) is 3.75. The van der Waals surface area contributed by atoms with Crippen LogP contribution in [0, 0.1) is 5.92 Å². The van der Waals surface area contributed by atoms with Gasteiger partial charge in [0.2, 0.25) is 5.13 Å². The molecule has 2 aliphatic rings. The SMILES string of the molecule is COc1cc(-c2cn(Cc3nnc(N4CCCC(NCC5CCC5)C4)s3)nn2)c2cn[nH]c2c1. The van der Waals surface area contributed by atoms with Crippen molar-refractivity contribution in [2.75, 3.05) is 31.6 Å². The highest BCUT2D eigenvalue weighted by Gasteiger charge is 2.25. The number of H-pyrrole nitrogens is 1. The van der Waals surface area contributed by atoms with Crippen LogP contribution in [0.25, 0.3) is 22.2 Å². The molecule has 1 aliphatic heterocycles. The normalized spacial score (nSPS) is 19.0. The van der Waals surface area contributed by atoms with E-state index < -0.39 is 0 Å². The van der Waals surface area contributed by atoms with E-state index in [0.717, 1.165) is 63.6 Å². The molecule has 34 heavy (non-hydrogen) atoms. The topological polar surface area (TPSA) is 110 Å². The van der Waals surface area contributed by atoms with E-state index in [1.165, 1.54) is 32.1 Å². The van der Waals surface area contributed by atoms with E-state index in [2.05, 4.69) is 40.9 Å². The zero-order valence-corrected chi connectivity index (χ0v) is 20.1. The fraction of sp³-hybridized carbons (Fsp3) is 0.522. The molecule has 0 amide bonds. The van der Waals surface area contributed by atoms with Crippen molar-refractivity contribution in [2.24, 2.45) is 5.92 Å². The minimum atomic E-state index is 0.542. The lowest BCUT2D eigenvalue weighted by Gasteiger charge is -2.35. The maximum absolute atomic E-state index is 5.43. The van der Waals surface area contributed by atoms with Crippen LogP contribution < -0.4 is 15.0 Å². The number of hydrogen-bond donors (Lipinski definition) is 2. The van der Waals surface area contributed by atoms with Crippen LogP contribution in [-0.4, -0.2) is 68.2 Å². The predicted molar refractivity (Wildman–Crippen MR) is 131 cm³/mol. The van der Waals surface area contributed by atoms with Gasteiger partial charge in [-0.25, -0.2) is 4.68 Å². The molecule has 3 aromatic heterocycles. The van der Waals surface area contributed by atoms with E-state index in [-0.39, 0.29) is 0 Å². The molecule has 178 valence electrons.